The number of H-pyrrole nitrogens is 3. The molecule has 2 aromatic heterocycles. The standard InChI is InChI=1S/C12H10N4OS2/c17-10-9-8(11(18)15-14-10)13-12(19)16(9)6-7-4-2-1-3-5-7/h1-5H,6H2,(H,13,19)(H,14,17)(H,15,18). The number of rotatable bonds is 2. The molecule has 0 aliphatic rings. The smallest absolute Gasteiger partial charge is 0.288 e. The Balaban J connectivity index is 2.28. The molecule has 19 heavy (non-hydrogen) atoms. The zero-order chi connectivity index (χ0) is 13.4. The molecule has 3 rings (SSSR count). The van der Waals surface area contributed by atoms with Gasteiger partial charge in [-0.25, -0.2) is 0 Å². The highest BCUT2D eigenvalue weighted by molar-refractivity contribution is 7.71. The zero-order valence-electron chi connectivity index (χ0n) is 9.77. The van der Waals surface area contributed by atoms with Crippen LogP contribution in [0.1, 0.15) is 5.56 Å². The van der Waals surface area contributed by atoms with Gasteiger partial charge >= 0.3 is 0 Å². The largest absolute Gasteiger partial charge is 0.328 e. The third-order valence-electron chi connectivity index (χ3n) is 2.90. The molecular formula is C12H10N4OS2. The SMILES string of the molecule is O=c1[nH][nH]c(=S)c2[nH]c(=S)n(Cc3ccccc3)c12. The van der Waals surface area contributed by atoms with E-state index in [0.29, 0.717) is 27.0 Å². The summed E-state index contributed by atoms with van der Waals surface area (Å²) in [6.45, 7) is 0.529. The predicted molar refractivity (Wildman–Crippen MR) is 78.5 cm³/mol. The van der Waals surface area contributed by atoms with E-state index in [9.17, 15) is 4.79 Å². The van der Waals surface area contributed by atoms with E-state index in [1.165, 1.54) is 0 Å². The minimum atomic E-state index is -0.244. The van der Waals surface area contributed by atoms with Gasteiger partial charge in [0.15, 0.2) is 4.77 Å². The number of nitrogens with one attached hydrogen (secondary N) is 3. The van der Waals surface area contributed by atoms with Gasteiger partial charge in [0.2, 0.25) is 0 Å². The van der Waals surface area contributed by atoms with E-state index >= 15 is 0 Å². The van der Waals surface area contributed by atoms with Crippen molar-refractivity contribution >= 4 is 35.5 Å². The monoisotopic (exact) mass is 290 g/mol. The molecule has 96 valence electrons. The van der Waals surface area contributed by atoms with Crippen molar-refractivity contribution in [1.29, 1.82) is 0 Å². The van der Waals surface area contributed by atoms with Crippen molar-refractivity contribution in [2.24, 2.45) is 0 Å². The first-order chi connectivity index (χ1) is 9.16. The molecule has 0 spiro atoms. The van der Waals surface area contributed by atoms with Crippen LogP contribution in [0.4, 0.5) is 0 Å². The molecule has 0 saturated carbocycles. The third-order valence-corrected chi connectivity index (χ3v) is 3.53. The predicted octanol–water partition coefficient (Wildman–Crippen LogP) is 2.49. The summed E-state index contributed by atoms with van der Waals surface area (Å²) in [7, 11) is 0. The van der Waals surface area contributed by atoms with E-state index in [4.69, 9.17) is 24.4 Å². The summed E-state index contributed by atoms with van der Waals surface area (Å²) in [5, 5.41) is 5.14. The van der Waals surface area contributed by atoms with E-state index in [1.807, 2.05) is 30.3 Å². The van der Waals surface area contributed by atoms with Crippen LogP contribution in [0.2, 0.25) is 0 Å². The van der Waals surface area contributed by atoms with Crippen molar-refractivity contribution in [3.8, 4) is 0 Å². The molecule has 0 saturated heterocycles. The lowest BCUT2D eigenvalue weighted by molar-refractivity contribution is 0.803. The fourth-order valence-electron chi connectivity index (χ4n) is 2.02. The molecule has 2 heterocycles. The van der Waals surface area contributed by atoms with E-state index in [2.05, 4.69) is 15.2 Å². The Hall–Kier alpha value is -1.99. The van der Waals surface area contributed by atoms with Gasteiger partial charge in [0.25, 0.3) is 5.56 Å². The molecule has 0 unspecified atom stereocenters. The highest BCUT2D eigenvalue weighted by Gasteiger charge is 2.10. The van der Waals surface area contributed by atoms with Crippen LogP contribution in [0.25, 0.3) is 11.0 Å². The molecule has 0 atom stereocenters. The molecule has 0 aliphatic carbocycles. The Morgan fingerprint density at radius 3 is 2.58 bits per heavy atom. The lowest BCUT2D eigenvalue weighted by Crippen LogP contribution is -2.13. The van der Waals surface area contributed by atoms with Crippen LogP contribution in [-0.2, 0) is 6.54 Å². The first-order valence-electron chi connectivity index (χ1n) is 5.64. The molecular weight excluding hydrogens is 280 g/mol. The number of aromatic nitrogens is 4. The summed E-state index contributed by atoms with van der Waals surface area (Å²) in [4.78, 5) is 14.9. The summed E-state index contributed by atoms with van der Waals surface area (Å²) in [6.07, 6.45) is 0. The summed E-state index contributed by atoms with van der Waals surface area (Å²) < 4.78 is 2.67. The van der Waals surface area contributed by atoms with Crippen LogP contribution in [0.5, 0.6) is 0 Å². The third kappa shape index (κ3) is 2.06. The molecule has 0 fully saturated rings. The van der Waals surface area contributed by atoms with Gasteiger partial charge in [-0.05, 0) is 17.8 Å². The fourth-order valence-corrected chi connectivity index (χ4v) is 2.48. The number of hydrogen-bond acceptors (Lipinski definition) is 3. The average molecular weight is 290 g/mol. The summed E-state index contributed by atoms with van der Waals surface area (Å²) in [6, 6.07) is 9.81. The molecule has 7 heteroatoms. The van der Waals surface area contributed by atoms with Crippen LogP contribution < -0.4 is 5.56 Å². The van der Waals surface area contributed by atoms with Crippen molar-refractivity contribution in [1.82, 2.24) is 19.7 Å². The van der Waals surface area contributed by atoms with Gasteiger partial charge in [-0.2, -0.15) is 0 Å². The normalized spacial score (nSPS) is 10.9. The first kappa shape index (κ1) is 12.1. The molecule has 1 aromatic carbocycles. The van der Waals surface area contributed by atoms with Crippen LogP contribution in [0.15, 0.2) is 35.1 Å². The van der Waals surface area contributed by atoms with Gasteiger partial charge in [-0.15, -0.1) is 0 Å². The minimum Gasteiger partial charge on any atom is -0.328 e. The van der Waals surface area contributed by atoms with Gasteiger partial charge in [0.05, 0.1) is 6.54 Å². The Kier molecular flexibility index (Phi) is 2.92. The molecule has 0 amide bonds. The molecule has 0 bridgehead atoms. The van der Waals surface area contributed by atoms with Crippen molar-refractivity contribution in [2.45, 2.75) is 6.54 Å². The first-order valence-corrected chi connectivity index (χ1v) is 6.46. The van der Waals surface area contributed by atoms with E-state index < -0.39 is 0 Å². The van der Waals surface area contributed by atoms with Crippen LogP contribution in [0, 0.1) is 9.41 Å². The van der Waals surface area contributed by atoms with Gasteiger partial charge in [-0.3, -0.25) is 15.0 Å². The van der Waals surface area contributed by atoms with Crippen LogP contribution >= 0.6 is 24.4 Å². The second kappa shape index (κ2) is 4.60. The second-order valence-corrected chi connectivity index (χ2v) is 4.93. The number of hydrogen-bond donors (Lipinski definition) is 3. The van der Waals surface area contributed by atoms with Crippen molar-refractivity contribution < 1.29 is 0 Å². The van der Waals surface area contributed by atoms with Crippen LogP contribution in [0.3, 0.4) is 0 Å². The maximum atomic E-state index is 11.9. The van der Waals surface area contributed by atoms with Crippen molar-refractivity contribution in [3.63, 3.8) is 0 Å². The lowest BCUT2D eigenvalue weighted by atomic mass is 10.2. The Morgan fingerprint density at radius 2 is 1.84 bits per heavy atom. The summed E-state index contributed by atoms with van der Waals surface area (Å²) in [5.41, 5.74) is 1.86. The number of nitrogens with zero attached hydrogens (tertiary/aromatic N) is 1. The molecule has 3 aromatic rings. The van der Waals surface area contributed by atoms with Gasteiger partial charge < -0.3 is 9.55 Å². The quantitative estimate of drug-likeness (QED) is 0.635. The number of fused-ring (bicyclic) bond motifs is 1. The Morgan fingerprint density at radius 1 is 1.11 bits per heavy atom. The minimum absolute atomic E-state index is 0.244. The zero-order valence-corrected chi connectivity index (χ0v) is 11.4. The maximum absolute atomic E-state index is 11.9. The molecule has 3 N–H and O–H groups in total. The fraction of sp³-hybridized carbons (Fsp3) is 0.0833. The Labute approximate surface area is 117 Å². The average Bonchev–Trinajstić information content (AvgIpc) is 2.74. The van der Waals surface area contributed by atoms with Crippen molar-refractivity contribution in [2.75, 3.05) is 0 Å². The number of imidazole rings is 1. The van der Waals surface area contributed by atoms with Gasteiger partial charge in [-0.1, -0.05) is 42.5 Å². The summed E-state index contributed by atoms with van der Waals surface area (Å²) in [5.74, 6) is 0. The van der Waals surface area contributed by atoms with Crippen molar-refractivity contribution in [3.05, 3.63) is 55.7 Å². The Bertz CT molecular complexity index is 901. The number of aromatic amines is 3. The molecule has 0 radical (unpaired) electrons. The van der Waals surface area contributed by atoms with E-state index in [0.717, 1.165) is 5.56 Å². The summed E-state index contributed by atoms with van der Waals surface area (Å²) >= 11 is 10.4. The van der Waals surface area contributed by atoms with E-state index in [1.54, 1.807) is 4.57 Å². The van der Waals surface area contributed by atoms with Gasteiger partial charge in [0.1, 0.15) is 15.7 Å². The molecule has 5 nitrogen and oxygen atoms in total. The topological polar surface area (TPSA) is 69.4 Å². The molecule has 0 aliphatic heterocycles. The number of benzene rings is 1. The second-order valence-electron chi connectivity index (χ2n) is 4.13. The maximum Gasteiger partial charge on any atom is 0.288 e. The lowest BCUT2D eigenvalue weighted by Gasteiger charge is -2.03. The highest BCUT2D eigenvalue weighted by Crippen LogP contribution is 2.12. The van der Waals surface area contributed by atoms with Gasteiger partial charge in [0, 0.05) is 0 Å². The van der Waals surface area contributed by atoms with E-state index in [-0.39, 0.29) is 5.56 Å². The van der Waals surface area contributed by atoms with Crippen LogP contribution in [-0.4, -0.2) is 19.7 Å². The highest BCUT2D eigenvalue weighted by atomic mass is 32.1.